The van der Waals surface area contributed by atoms with Gasteiger partial charge < -0.3 is 14.4 Å². The molecule has 2 heterocycles. The third-order valence-electron chi connectivity index (χ3n) is 5.06. The van der Waals surface area contributed by atoms with Crippen molar-refractivity contribution in [3.8, 4) is 17.7 Å². The van der Waals surface area contributed by atoms with Gasteiger partial charge in [0.25, 0.3) is 0 Å². The van der Waals surface area contributed by atoms with E-state index in [0.29, 0.717) is 48.5 Å². The van der Waals surface area contributed by atoms with E-state index in [2.05, 4.69) is 16.0 Å². The molecule has 0 fully saturated rings. The summed E-state index contributed by atoms with van der Waals surface area (Å²) in [6.45, 7) is 9.71. The van der Waals surface area contributed by atoms with E-state index < -0.39 is 21.5 Å². The van der Waals surface area contributed by atoms with Crippen LogP contribution in [0.5, 0.6) is 11.6 Å². The zero-order valence-corrected chi connectivity index (χ0v) is 20.5. The van der Waals surface area contributed by atoms with Crippen LogP contribution < -0.4 is 4.74 Å². The number of fused-ring (bicyclic) bond motifs is 1. The van der Waals surface area contributed by atoms with Crippen LogP contribution in [0.3, 0.4) is 0 Å². The zero-order chi connectivity index (χ0) is 24.6. The highest BCUT2D eigenvalue weighted by Gasteiger charge is 2.28. The highest BCUT2D eigenvalue weighted by molar-refractivity contribution is 7.90. The smallest absolute Gasteiger partial charge is 0.410 e. The lowest BCUT2D eigenvalue weighted by Gasteiger charge is -2.26. The van der Waals surface area contributed by atoms with Gasteiger partial charge >= 0.3 is 6.09 Å². The molecule has 1 aliphatic rings. The first-order valence-corrected chi connectivity index (χ1v) is 12.4. The Hall–Kier alpha value is -3.19. The molecule has 9 nitrogen and oxygen atoms in total. The zero-order valence-electron chi connectivity index (χ0n) is 19.7. The standard InChI is InChI=1S/C23H28N4O5S/c1-14-11-16(13-24)12-15(2)19(14)31-20-17-7-9-27(22(28)32-23(3,4)5)10-8-18(17)25-21(26-20)33(6,29)30/h11-12H,7-10H2,1-6H3. The molecule has 3 rings (SSSR count). The normalized spacial score (nSPS) is 14.2. The van der Waals surface area contributed by atoms with Gasteiger partial charge in [-0.2, -0.15) is 10.2 Å². The Balaban J connectivity index is 2.02. The van der Waals surface area contributed by atoms with Gasteiger partial charge in [-0.25, -0.2) is 18.2 Å². The van der Waals surface area contributed by atoms with Crippen LogP contribution in [0.2, 0.25) is 0 Å². The molecular formula is C23H28N4O5S. The Labute approximate surface area is 194 Å². The maximum atomic E-state index is 12.6. The van der Waals surface area contributed by atoms with E-state index in [1.807, 2.05) is 13.8 Å². The molecule has 1 aliphatic heterocycles. The van der Waals surface area contributed by atoms with Crippen LogP contribution in [0.25, 0.3) is 0 Å². The van der Waals surface area contributed by atoms with Crippen molar-refractivity contribution in [1.82, 2.24) is 14.9 Å². The molecule has 2 aromatic rings. The van der Waals surface area contributed by atoms with Crippen LogP contribution in [-0.4, -0.2) is 54.3 Å². The summed E-state index contributed by atoms with van der Waals surface area (Å²) in [4.78, 5) is 22.7. The summed E-state index contributed by atoms with van der Waals surface area (Å²) < 4.78 is 36.1. The van der Waals surface area contributed by atoms with Gasteiger partial charge in [0.2, 0.25) is 20.9 Å². The van der Waals surface area contributed by atoms with E-state index in [1.165, 1.54) is 0 Å². The van der Waals surface area contributed by atoms with Gasteiger partial charge in [-0.05, 0) is 64.3 Å². The summed E-state index contributed by atoms with van der Waals surface area (Å²) in [6, 6.07) is 5.51. The molecule has 0 radical (unpaired) electrons. The van der Waals surface area contributed by atoms with Crippen molar-refractivity contribution in [3.63, 3.8) is 0 Å². The summed E-state index contributed by atoms with van der Waals surface area (Å²) >= 11 is 0. The number of hydrogen-bond acceptors (Lipinski definition) is 8. The molecule has 0 aliphatic carbocycles. The van der Waals surface area contributed by atoms with Crippen LogP contribution in [0.15, 0.2) is 17.3 Å². The van der Waals surface area contributed by atoms with E-state index >= 15 is 0 Å². The summed E-state index contributed by atoms with van der Waals surface area (Å²) in [5.41, 5.74) is 2.50. The Morgan fingerprint density at radius 3 is 2.27 bits per heavy atom. The third-order valence-corrected chi connectivity index (χ3v) is 5.90. The van der Waals surface area contributed by atoms with Gasteiger partial charge in [0, 0.05) is 31.3 Å². The molecule has 1 aromatic heterocycles. The second kappa shape index (κ2) is 8.98. The van der Waals surface area contributed by atoms with E-state index in [0.717, 1.165) is 17.4 Å². The molecule has 1 amide bonds. The van der Waals surface area contributed by atoms with E-state index in [-0.39, 0.29) is 11.0 Å². The van der Waals surface area contributed by atoms with Crippen LogP contribution >= 0.6 is 0 Å². The Morgan fingerprint density at radius 2 is 1.73 bits per heavy atom. The third kappa shape index (κ3) is 5.79. The van der Waals surface area contributed by atoms with Gasteiger partial charge in [0.15, 0.2) is 0 Å². The monoisotopic (exact) mass is 472 g/mol. The largest absolute Gasteiger partial charge is 0.444 e. The van der Waals surface area contributed by atoms with Gasteiger partial charge in [-0.15, -0.1) is 0 Å². The molecule has 33 heavy (non-hydrogen) atoms. The lowest BCUT2D eigenvalue weighted by molar-refractivity contribution is 0.0258. The maximum absolute atomic E-state index is 12.6. The molecule has 10 heteroatoms. The Bertz CT molecular complexity index is 1220. The minimum absolute atomic E-state index is 0.141. The topological polar surface area (TPSA) is 122 Å². The second-order valence-electron chi connectivity index (χ2n) is 9.13. The number of nitrogens with zero attached hydrogens (tertiary/aromatic N) is 4. The molecule has 0 saturated carbocycles. The molecule has 0 saturated heterocycles. The number of carbonyl (C=O) groups excluding carboxylic acids is 1. The van der Waals surface area contributed by atoms with Crippen LogP contribution in [0, 0.1) is 25.2 Å². The van der Waals surface area contributed by atoms with E-state index in [1.54, 1.807) is 37.8 Å². The number of carbonyl (C=O) groups is 1. The predicted octanol–water partition coefficient (Wildman–Crippen LogP) is 3.50. The van der Waals surface area contributed by atoms with Crippen molar-refractivity contribution < 1.29 is 22.7 Å². The molecule has 0 atom stereocenters. The number of aryl methyl sites for hydroxylation is 2. The number of aromatic nitrogens is 2. The van der Waals surface area contributed by atoms with Gasteiger partial charge in [-0.1, -0.05) is 0 Å². The van der Waals surface area contributed by atoms with Crippen LogP contribution in [0.4, 0.5) is 4.79 Å². The predicted molar refractivity (Wildman–Crippen MR) is 121 cm³/mol. The molecular weight excluding hydrogens is 444 g/mol. The highest BCUT2D eigenvalue weighted by Crippen LogP contribution is 2.33. The molecule has 0 unspecified atom stereocenters. The van der Waals surface area contributed by atoms with Crippen LogP contribution in [-0.2, 0) is 27.4 Å². The average Bonchev–Trinajstić information content (AvgIpc) is 2.91. The quantitative estimate of drug-likeness (QED) is 0.622. The van der Waals surface area contributed by atoms with Crippen molar-refractivity contribution in [3.05, 3.63) is 40.1 Å². The fourth-order valence-corrected chi connectivity index (χ4v) is 4.10. The molecule has 0 spiro atoms. The van der Waals surface area contributed by atoms with Crippen molar-refractivity contribution in [2.24, 2.45) is 0 Å². The van der Waals surface area contributed by atoms with Crippen molar-refractivity contribution in [1.29, 1.82) is 5.26 Å². The number of ether oxygens (including phenoxy) is 2. The molecule has 176 valence electrons. The fourth-order valence-electron chi connectivity index (χ4n) is 3.57. The fraction of sp³-hybridized carbons (Fsp3) is 0.478. The van der Waals surface area contributed by atoms with Crippen molar-refractivity contribution in [2.45, 2.75) is 58.2 Å². The summed E-state index contributed by atoms with van der Waals surface area (Å²) in [6.07, 6.45) is 1.32. The molecule has 0 bridgehead atoms. The lowest BCUT2D eigenvalue weighted by atomic mass is 10.1. The maximum Gasteiger partial charge on any atom is 0.410 e. The first-order valence-electron chi connectivity index (χ1n) is 10.6. The van der Waals surface area contributed by atoms with Crippen molar-refractivity contribution >= 4 is 15.9 Å². The van der Waals surface area contributed by atoms with Gasteiger partial charge in [0.1, 0.15) is 11.4 Å². The van der Waals surface area contributed by atoms with E-state index in [9.17, 15) is 18.5 Å². The number of nitriles is 1. The summed E-state index contributed by atoms with van der Waals surface area (Å²) in [7, 11) is -3.70. The minimum atomic E-state index is -3.70. The van der Waals surface area contributed by atoms with Gasteiger partial charge in [0.05, 0.1) is 17.3 Å². The number of hydrogen-bond donors (Lipinski definition) is 0. The Morgan fingerprint density at radius 1 is 1.12 bits per heavy atom. The number of rotatable bonds is 3. The minimum Gasteiger partial charge on any atom is -0.444 e. The number of amides is 1. The Kier molecular flexibility index (Phi) is 6.65. The molecule has 1 aromatic carbocycles. The van der Waals surface area contributed by atoms with E-state index in [4.69, 9.17) is 9.47 Å². The lowest BCUT2D eigenvalue weighted by Crippen LogP contribution is -2.38. The SMILES string of the molecule is Cc1cc(C#N)cc(C)c1Oc1nc(S(C)(=O)=O)nc2c1CCN(C(=O)OC(C)(C)C)CC2. The average molecular weight is 473 g/mol. The first kappa shape index (κ1) is 24.5. The molecule has 0 N–H and O–H groups in total. The van der Waals surface area contributed by atoms with Crippen LogP contribution in [0.1, 0.15) is 48.7 Å². The number of benzene rings is 1. The van der Waals surface area contributed by atoms with Crippen molar-refractivity contribution in [2.75, 3.05) is 19.3 Å². The summed E-state index contributed by atoms with van der Waals surface area (Å²) in [5.74, 6) is 0.643. The first-order chi connectivity index (χ1) is 15.3. The van der Waals surface area contributed by atoms with Gasteiger partial charge in [-0.3, -0.25) is 0 Å². The second-order valence-corrected chi connectivity index (χ2v) is 11.0. The highest BCUT2D eigenvalue weighted by atomic mass is 32.2. The summed E-state index contributed by atoms with van der Waals surface area (Å²) in [5, 5.41) is 8.87. The number of sulfone groups is 1.